The second-order valence-corrected chi connectivity index (χ2v) is 5.28. The molecule has 0 aliphatic rings. The van der Waals surface area contributed by atoms with Crippen molar-refractivity contribution >= 4 is 17.4 Å². The van der Waals surface area contributed by atoms with Gasteiger partial charge in [0.1, 0.15) is 5.82 Å². The predicted molar refractivity (Wildman–Crippen MR) is 89.2 cm³/mol. The Bertz CT molecular complexity index is 918. The highest BCUT2D eigenvalue weighted by Gasteiger charge is 2.14. The molecule has 0 aliphatic heterocycles. The summed E-state index contributed by atoms with van der Waals surface area (Å²) in [6, 6.07) is 10.1. The summed E-state index contributed by atoms with van der Waals surface area (Å²) in [6.45, 7) is 0.264. The van der Waals surface area contributed by atoms with Crippen LogP contribution in [0.2, 0.25) is 0 Å². The number of anilines is 2. The van der Waals surface area contributed by atoms with Crippen molar-refractivity contribution in [2.45, 2.75) is 6.54 Å². The molecule has 3 rings (SSSR count). The molecule has 3 aromatic rings. The smallest absolute Gasteiger partial charge is 0.253 e. The molecule has 26 heavy (non-hydrogen) atoms. The summed E-state index contributed by atoms with van der Waals surface area (Å²) in [7, 11) is 0. The first-order valence-electron chi connectivity index (χ1n) is 7.59. The Labute approximate surface area is 146 Å². The van der Waals surface area contributed by atoms with Gasteiger partial charge >= 0.3 is 0 Å². The highest BCUT2D eigenvalue weighted by atomic mass is 19.2. The summed E-state index contributed by atoms with van der Waals surface area (Å²) >= 11 is 0. The number of halogens is 3. The first-order chi connectivity index (χ1) is 12.5. The van der Waals surface area contributed by atoms with Gasteiger partial charge in [0.25, 0.3) is 5.91 Å². The van der Waals surface area contributed by atoms with Crippen LogP contribution >= 0.6 is 0 Å². The van der Waals surface area contributed by atoms with Gasteiger partial charge in [-0.3, -0.25) is 9.78 Å². The number of pyridine rings is 2. The van der Waals surface area contributed by atoms with Crippen LogP contribution in [0.5, 0.6) is 0 Å². The molecular weight excluding hydrogens is 345 g/mol. The van der Waals surface area contributed by atoms with E-state index < -0.39 is 17.5 Å². The molecule has 1 aromatic carbocycles. The minimum Gasteiger partial charge on any atom is -0.346 e. The number of nitrogens with zero attached hydrogens (tertiary/aromatic N) is 2. The van der Waals surface area contributed by atoms with Crippen molar-refractivity contribution in [3.63, 3.8) is 0 Å². The second kappa shape index (κ2) is 7.64. The molecule has 1 amide bonds. The van der Waals surface area contributed by atoms with E-state index in [1.54, 1.807) is 18.3 Å². The summed E-state index contributed by atoms with van der Waals surface area (Å²) in [5.74, 6) is -4.37. The zero-order valence-corrected chi connectivity index (χ0v) is 13.3. The SMILES string of the molecule is O=C(NCc1ccccn1)c1ccc(Nc2ccc(F)c(F)c2F)nc1. The molecule has 2 aromatic heterocycles. The summed E-state index contributed by atoms with van der Waals surface area (Å²) in [5.41, 5.74) is 0.738. The fraction of sp³-hybridized carbons (Fsp3) is 0.0556. The molecule has 0 saturated carbocycles. The third kappa shape index (κ3) is 3.97. The quantitative estimate of drug-likeness (QED) is 0.685. The van der Waals surface area contributed by atoms with Gasteiger partial charge < -0.3 is 10.6 Å². The summed E-state index contributed by atoms with van der Waals surface area (Å²) < 4.78 is 39.8. The van der Waals surface area contributed by atoms with Crippen LogP contribution < -0.4 is 10.6 Å². The fourth-order valence-corrected chi connectivity index (χ4v) is 2.14. The maximum absolute atomic E-state index is 13.6. The second-order valence-electron chi connectivity index (χ2n) is 5.28. The average Bonchev–Trinajstić information content (AvgIpc) is 2.68. The van der Waals surface area contributed by atoms with Crippen LogP contribution in [0.3, 0.4) is 0 Å². The number of carbonyl (C=O) groups is 1. The van der Waals surface area contributed by atoms with Gasteiger partial charge in [-0.25, -0.2) is 18.2 Å². The molecule has 2 heterocycles. The van der Waals surface area contributed by atoms with E-state index in [9.17, 15) is 18.0 Å². The van der Waals surface area contributed by atoms with E-state index in [4.69, 9.17) is 0 Å². The lowest BCUT2D eigenvalue weighted by molar-refractivity contribution is 0.0950. The minimum absolute atomic E-state index is 0.177. The van der Waals surface area contributed by atoms with Crippen LogP contribution in [0.25, 0.3) is 0 Å². The Hall–Kier alpha value is -3.42. The molecule has 0 radical (unpaired) electrons. The maximum Gasteiger partial charge on any atom is 0.253 e. The van der Waals surface area contributed by atoms with Gasteiger partial charge in [0.2, 0.25) is 0 Å². The molecule has 0 fully saturated rings. The first-order valence-corrected chi connectivity index (χ1v) is 7.59. The van der Waals surface area contributed by atoms with Gasteiger partial charge in [-0.05, 0) is 36.4 Å². The Balaban J connectivity index is 1.65. The van der Waals surface area contributed by atoms with E-state index in [0.717, 1.165) is 12.1 Å². The number of hydrogen-bond donors (Lipinski definition) is 2. The van der Waals surface area contributed by atoms with Gasteiger partial charge in [-0.2, -0.15) is 0 Å². The van der Waals surface area contributed by atoms with E-state index >= 15 is 0 Å². The summed E-state index contributed by atoms with van der Waals surface area (Å²) in [5, 5.41) is 5.22. The number of benzene rings is 1. The normalized spacial score (nSPS) is 10.4. The zero-order valence-electron chi connectivity index (χ0n) is 13.3. The largest absolute Gasteiger partial charge is 0.346 e. The monoisotopic (exact) mass is 358 g/mol. The van der Waals surface area contributed by atoms with Crippen LogP contribution in [0.4, 0.5) is 24.7 Å². The highest BCUT2D eigenvalue weighted by molar-refractivity contribution is 5.94. The molecule has 132 valence electrons. The highest BCUT2D eigenvalue weighted by Crippen LogP contribution is 2.22. The van der Waals surface area contributed by atoms with Crippen molar-refractivity contribution in [2.24, 2.45) is 0 Å². The molecule has 0 spiro atoms. The Morgan fingerprint density at radius 2 is 1.81 bits per heavy atom. The van der Waals surface area contributed by atoms with Gasteiger partial charge in [-0.15, -0.1) is 0 Å². The van der Waals surface area contributed by atoms with Crippen LogP contribution in [-0.4, -0.2) is 15.9 Å². The number of aromatic nitrogens is 2. The molecular formula is C18H13F3N4O. The third-order valence-corrected chi connectivity index (χ3v) is 3.48. The molecule has 8 heteroatoms. The fourth-order valence-electron chi connectivity index (χ4n) is 2.14. The molecule has 0 aliphatic carbocycles. The lowest BCUT2D eigenvalue weighted by Crippen LogP contribution is -2.23. The van der Waals surface area contributed by atoms with Gasteiger partial charge in [0.05, 0.1) is 23.5 Å². The topological polar surface area (TPSA) is 66.9 Å². The lowest BCUT2D eigenvalue weighted by Gasteiger charge is -2.09. The number of hydrogen-bond acceptors (Lipinski definition) is 4. The van der Waals surface area contributed by atoms with Crippen molar-refractivity contribution in [1.82, 2.24) is 15.3 Å². The Kier molecular flexibility index (Phi) is 5.12. The van der Waals surface area contributed by atoms with E-state index in [-0.39, 0.29) is 29.5 Å². The number of rotatable bonds is 5. The van der Waals surface area contributed by atoms with Crippen molar-refractivity contribution < 1.29 is 18.0 Å². The third-order valence-electron chi connectivity index (χ3n) is 3.48. The number of nitrogens with one attached hydrogen (secondary N) is 2. The molecule has 5 nitrogen and oxygen atoms in total. The lowest BCUT2D eigenvalue weighted by atomic mass is 10.2. The number of carbonyl (C=O) groups excluding carboxylic acids is 1. The standard InChI is InChI=1S/C18H13F3N4O/c19-13-5-6-14(17(21)16(13)20)25-15-7-4-11(9-23-15)18(26)24-10-12-3-1-2-8-22-12/h1-9H,10H2,(H,23,25)(H,24,26). The van der Waals surface area contributed by atoms with Crippen LogP contribution in [0.15, 0.2) is 54.9 Å². The van der Waals surface area contributed by atoms with Crippen LogP contribution in [0, 0.1) is 17.5 Å². The van der Waals surface area contributed by atoms with E-state index in [1.807, 2.05) is 6.07 Å². The summed E-state index contributed by atoms with van der Waals surface area (Å²) in [4.78, 5) is 20.1. The average molecular weight is 358 g/mol. The van der Waals surface area contributed by atoms with Gasteiger partial charge in [-0.1, -0.05) is 6.07 Å². The van der Waals surface area contributed by atoms with E-state index in [2.05, 4.69) is 20.6 Å². The van der Waals surface area contributed by atoms with E-state index in [0.29, 0.717) is 5.69 Å². The molecule has 0 unspecified atom stereocenters. The Morgan fingerprint density at radius 3 is 2.50 bits per heavy atom. The summed E-state index contributed by atoms with van der Waals surface area (Å²) in [6.07, 6.45) is 2.91. The van der Waals surface area contributed by atoms with Crippen molar-refractivity contribution in [1.29, 1.82) is 0 Å². The van der Waals surface area contributed by atoms with Gasteiger partial charge in [0, 0.05) is 12.4 Å². The molecule has 0 bridgehead atoms. The van der Waals surface area contributed by atoms with Crippen LogP contribution in [-0.2, 0) is 6.54 Å². The maximum atomic E-state index is 13.6. The predicted octanol–water partition coefficient (Wildman–Crippen LogP) is 3.57. The minimum atomic E-state index is -1.57. The van der Waals surface area contributed by atoms with E-state index in [1.165, 1.54) is 18.3 Å². The van der Waals surface area contributed by atoms with Crippen molar-refractivity contribution in [3.05, 3.63) is 83.6 Å². The molecule has 0 atom stereocenters. The number of amides is 1. The van der Waals surface area contributed by atoms with Crippen LogP contribution in [0.1, 0.15) is 16.1 Å². The first kappa shape index (κ1) is 17.4. The molecule has 2 N–H and O–H groups in total. The van der Waals surface area contributed by atoms with Crippen molar-refractivity contribution in [2.75, 3.05) is 5.32 Å². The Morgan fingerprint density at radius 1 is 0.962 bits per heavy atom. The van der Waals surface area contributed by atoms with Gasteiger partial charge in [0.15, 0.2) is 17.5 Å². The zero-order chi connectivity index (χ0) is 18.5. The molecule has 0 saturated heterocycles. The van der Waals surface area contributed by atoms with Crippen molar-refractivity contribution in [3.8, 4) is 0 Å².